The van der Waals surface area contributed by atoms with Crippen molar-refractivity contribution in [1.29, 1.82) is 0 Å². The number of amides is 1. The minimum absolute atomic E-state index is 0.0192. The van der Waals surface area contributed by atoms with E-state index in [1.165, 1.54) is 225 Å². The Morgan fingerprint density at radius 1 is 0.461 bits per heavy atom. The third kappa shape index (κ3) is 56.9. The summed E-state index contributed by atoms with van der Waals surface area (Å²) in [5.74, 6) is -0.526. The Labute approximate surface area is 472 Å². The molecule has 0 aromatic heterocycles. The first kappa shape index (κ1) is 74.2. The Hall–Kier alpha value is -1.77. The van der Waals surface area contributed by atoms with Gasteiger partial charge >= 0.3 is 5.97 Å². The number of nitrogens with zero attached hydrogens (tertiary/aromatic N) is 1. The minimum atomic E-state index is -4.69. The standard InChI is InChI=1S/C66H127N2O7P/c1-7-10-13-16-19-22-25-27-29-30-31-32-33-34-35-36-37-38-39-41-44-47-50-53-56-59-66(70)75-64(57-54-51-48-45-42-24-21-18-15-12-9-3)63(62-74-76(71,72)73-61-60-68(4,5)6)67-65(69)58-55-52-49-46-43-40-28-26-23-20-17-14-11-8-2/h19,22,27,29,54,57,63-64H,7-18,20-21,23-26,28,30-53,55-56,58-62H2,1-6H3,(H-,67,69,71,72)/b22-19-,29-27-,57-54-. The van der Waals surface area contributed by atoms with Gasteiger partial charge in [0, 0.05) is 12.8 Å². The fraction of sp³-hybridized carbons (Fsp3) is 0.879. The van der Waals surface area contributed by atoms with Crippen molar-refractivity contribution < 1.29 is 37.3 Å². The predicted molar refractivity (Wildman–Crippen MR) is 326 cm³/mol. The van der Waals surface area contributed by atoms with Gasteiger partial charge in [-0.15, -0.1) is 0 Å². The topological polar surface area (TPSA) is 114 Å². The summed E-state index contributed by atoms with van der Waals surface area (Å²) in [5.41, 5.74) is 0. The SMILES string of the molecule is CCCCC/C=C\C/C=C\CCCCCCCCCCCCCCCCCC(=O)OC(/C=C\CCCCCCCCCCC)C(COP(=O)([O-])OCC[N+](C)(C)C)NC(=O)CCCCCCCCCCCCCCCC. The molecular formula is C66H127N2O7P. The summed E-state index contributed by atoms with van der Waals surface area (Å²) < 4.78 is 30.3. The van der Waals surface area contributed by atoms with Gasteiger partial charge in [0.15, 0.2) is 0 Å². The highest BCUT2D eigenvalue weighted by Crippen LogP contribution is 2.38. The highest BCUT2D eigenvalue weighted by Gasteiger charge is 2.27. The van der Waals surface area contributed by atoms with E-state index in [1.54, 1.807) is 0 Å². The molecule has 0 saturated carbocycles. The van der Waals surface area contributed by atoms with Gasteiger partial charge in [-0.05, 0) is 63.9 Å². The summed E-state index contributed by atoms with van der Waals surface area (Å²) in [7, 11) is 1.20. The van der Waals surface area contributed by atoms with E-state index in [4.69, 9.17) is 13.8 Å². The summed E-state index contributed by atoms with van der Waals surface area (Å²) in [6.07, 6.45) is 68.3. The van der Waals surface area contributed by atoms with Crippen LogP contribution in [0, 0.1) is 0 Å². The van der Waals surface area contributed by atoms with Crippen molar-refractivity contribution in [3.05, 3.63) is 36.5 Å². The second kappa shape index (κ2) is 56.5. The molecule has 0 bridgehead atoms. The lowest BCUT2D eigenvalue weighted by molar-refractivity contribution is -0.870. The molecule has 0 saturated heterocycles. The Kier molecular flexibility index (Phi) is 55.2. The second-order valence-electron chi connectivity index (χ2n) is 23.6. The third-order valence-corrected chi connectivity index (χ3v) is 15.8. The highest BCUT2D eigenvalue weighted by atomic mass is 31.2. The Balaban J connectivity index is 5.02. The van der Waals surface area contributed by atoms with E-state index in [0.717, 1.165) is 64.2 Å². The third-order valence-electron chi connectivity index (χ3n) is 14.8. The van der Waals surface area contributed by atoms with Gasteiger partial charge in [-0.2, -0.15) is 0 Å². The molecule has 0 aliphatic rings. The van der Waals surface area contributed by atoms with E-state index >= 15 is 0 Å². The van der Waals surface area contributed by atoms with Gasteiger partial charge in [0.25, 0.3) is 7.82 Å². The van der Waals surface area contributed by atoms with Crippen molar-refractivity contribution in [2.75, 3.05) is 40.9 Å². The van der Waals surface area contributed by atoms with Crippen molar-refractivity contribution in [3.63, 3.8) is 0 Å². The predicted octanol–water partition coefficient (Wildman–Crippen LogP) is 19.7. The van der Waals surface area contributed by atoms with E-state index in [-0.39, 0.29) is 31.5 Å². The Morgan fingerprint density at radius 3 is 1.21 bits per heavy atom. The number of hydrogen-bond acceptors (Lipinski definition) is 7. The van der Waals surface area contributed by atoms with Gasteiger partial charge in [-0.25, -0.2) is 0 Å². The maximum atomic E-state index is 13.5. The van der Waals surface area contributed by atoms with Gasteiger partial charge in [0.1, 0.15) is 19.3 Å². The molecule has 0 aromatic carbocycles. The zero-order chi connectivity index (χ0) is 55.7. The van der Waals surface area contributed by atoms with Gasteiger partial charge in [0.05, 0.1) is 33.8 Å². The average Bonchev–Trinajstić information content (AvgIpc) is 3.38. The normalized spacial score (nSPS) is 13.8. The summed E-state index contributed by atoms with van der Waals surface area (Å²) >= 11 is 0. The lowest BCUT2D eigenvalue weighted by Crippen LogP contribution is -2.47. The van der Waals surface area contributed by atoms with E-state index in [0.29, 0.717) is 17.4 Å². The van der Waals surface area contributed by atoms with Crippen LogP contribution in [0.15, 0.2) is 36.5 Å². The molecule has 0 spiro atoms. The number of unbranched alkanes of at least 4 members (excludes halogenated alkanes) is 40. The molecule has 0 heterocycles. The Bertz CT molecular complexity index is 1400. The fourth-order valence-corrected chi connectivity index (χ4v) is 10.5. The van der Waals surface area contributed by atoms with Crippen LogP contribution in [0.2, 0.25) is 0 Å². The summed E-state index contributed by atoms with van der Waals surface area (Å²) in [4.78, 5) is 40.0. The van der Waals surface area contributed by atoms with Crippen LogP contribution in [0.25, 0.3) is 0 Å². The van der Waals surface area contributed by atoms with Crippen LogP contribution in [0.5, 0.6) is 0 Å². The number of rotatable bonds is 60. The fourth-order valence-electron chi connectivity index (χ4n) is 9.73. The molecule has 1 amide bonds. The molecule has 3 atom stereocenters. The molecule has 0 aromatic rings. The molecule has 0 aliphatic carbocycles. The van der Waals surface area contributed by atoms with Gasteiger partial charge in [-0.3, -0.25) is 14.2 Å². The zero-order valence-electron chi connectivity index (χ0n) is 51.2. The lowest BCUT2D eigenvalue weighted by atomic mass is 10.0. The molecule has 448 valence electrons. The number of quaternary nitrogens is 1. The van der Waals surface area contributed by atoms with E-state index < -0.39 is 20.0 Å². The molecule has 0 aliphatic heterocycles. The number of hydrogen-bond donors (Lipinski definition) is 1. The van der Waals surface area contributed by atoms with Crippen molar-refractivity contribution in [2.45, 2.75) is 335 Å². The van der Waals surface area contributed by atoms with Gasteiger partial charge in [-0.1, -0.05) is 282 Å². The molecule has 3 unspecified atom stereocenters. The number of allylic oxidation sites excluding steroid dienone is 5. The first-order valence-electron chi connectivity index (χ1n) is 32.8. The van der Waals surface area contributed by atoms with Crippen LogP contribution in [-0.2, 0) is 27.9 Å². The van der Waals surface area contributed by atoms with Crippen molar-refractivity contribution in [1.82, 2.24) is 5.32 Å². The number of phosphoric acid groups is 1. The summed E-state index contributed by atoms with van der Waals surface area (Å²) in [6, 6.07) is -0.882. The molecule has 76 heavy (non-hydrogen) atoms. The number of nitrogens with one attached hydrogen (secondary N) is 1. The van der Waals surface area contributed by atoms with Crippen molar-refractivity contribution in [2.24, 2.45) is 0 Å². The molecule has 0 radical (unpaired) electrons. The minimum Gasteiger partial charge on any atom is -0.756 e. The maximum Gasteiger partial charge on any atom is 0.306 e. The first-order chi connectivity index (χ1) is 36.9. The van der Waals surface area contributed by atoms with Gasteiger partial charge < -0.3 is 28.5 Å². The largest absolute Gasteiger partial charge is 0.756 e. The molecule has 9 nitrogen and oxygen atoms in total. The van der Waals surface area contributed by atoms with E-state index in [9.17, 15) is 19.0 Å². The zero-order valence-corrected chi connectivity index (χ0v) is 52.1. The molecule has 1 N–H and O–H groups in total. The monoisotopic (exact) mass is 1090 g/mol. The number of esters is 1. The first-order valence-corrected chi connectivity index (χ1v) is 34.3. The molecule has 0 rings (SSSR count). The quantitative estimate of drug-likeness (QED) is 0.0212. The summed E-state index contributed by atoms with van der Waals surface area (Å²) in [5, 5.41) is 3.03. The second-order valence-corrected chi connectivity index (χ2v) is 25.0. The number of carbonyl (C=O) groups excluding carboxylic acids is 2. The highest BCUT2D eigenvalue weighted by molar-refractivity contribution is 7.45. The number of ether oxygens (including phenoxy) is 1. The summed E-state index contributed by atoms with van der Waals surface area (Å²) in [6.45, 7) is 6.85. The van der Waals surface area contributed by atoms with Crippen LogP contribution in [0.3, 0.4) is 0 Å². The molecule has 10 heteroatoms. The van der Waals surface area contributed by atoms with Crippen molar-refractivity contribution >= 4 is 19.7 Å². The molecular weight excluding hydrogens is 964 g/mol. The smallest absolute Gasteiger partial charge is 0.306 e. The number of carbonyl (C=O) groups is 2. The van der Waals surface area contributed by atoms with Crippen molar-refractivity contribution in [3.8, 4) is 0 Å². The van der Waals surface area contributed by atoms with E-state index in [1.807, 2.05) is 33.3 Å². The number of likely N-dealkylation sites (N-methyl/N-ethyl adjacent to an activating group) is 1. The van der Waals surface area contributed by atoms with Crippen LogP contribution < -0.4 is 10.2 Å². The van der Waals surface area contributed by atoms with E-state index in [2.05, 4.69) is 50.4 Å². The van der Waals surface area contributed by atoms with Crippen LogP contribution in [-0.4, -0.2) is 69.4 Å². The van der Waals surface area contributed by atoms with Crippen LogP contribution in [0.4, 0.5) is 0 Å². The lowest BCUT2D eigenvalue weighted by Gasteiger charge is -2.30. The average molecular weight is 1090 g/mol. The van der Waals surface area contributed by atoms with Crippen LogP contribution in [0.1, 0.15) is 323 Å². The van der Waals surface area contributed by atoms with Crippen LogP contribution >= 0.6 is 7.82 Å². The number of phosphoric ester groups is 1. The molecule has 0 fully saturated rings. The van der Waals surface area contributed by atoms with Gasteiger partial charge in [0.2, 0.25) is 5.91 Å². The Morgan fingerprint density at radius 2 is 0.803 bits per heavy atom. The maximum absolute atomic E-state index is 13.5.